The van der Waals surface area contributed by atoms with Crippen LogP contribution in [0.4, 0.5) is 0 Å². The van der Waals surface area contributed by atoms with Gasteiger partial charge in [0.05, 0.1) is 6.04 Å². The number of carbonyl (C=O) groups is 4. The molecule has 0 saturated heterocycles. The number of aromatic hydroxyl groups is 1. The quantitative estimate of drug-likeness (QED) is 0.0551. The van der Waals surface area contributed by atoms with E-state index < -0.39 is 47.9 Å². The van der Waals surface area contributed by atoms with E-state index >= 15 is 0 Å². The molecule has 0 spiro atoms. The zero-order valence-electron chi connectivity index (χ0n) is 23.8. The first-order chi connectivity index (χ1) is 19.3. The number of nitrogens with two attached hydrogens (primary N) is 4. The number of carboxylic acids is 1. The fraction of sp³-hybridized carbons (Fsp3) is 0.593. The van der Waals surface area contributed by atoms with Crippen LogP contribution in [0, 0.1) is 5.92 Å². The molecule has 14 heteroatoms. The number of amides is 3. The minimum absolute atomic E-state index is 0.00950. The average molecular weight is 579 g/mol. The van der Waals surface area contributed by atoms with Crippen molar-refractivity contribution in [2.45, 2.75) is 83.0 Å². The smallest absolute Gasteiger partial charge is 0.326 e. The molecule has 0 bridgehead atoms. The molecular weight excluding hydrogens is 532 g/mol. The van der Waals surface area contributed by atoms with Crippen molar-refractivity contribution in [2.24, 2.45) is 33.8 Å². The summed E-state index contributed by atoms with van der Waals surface area (Å²) in [5, 5.41) is 27.0. The number of hydrogen-bond donors (Lipinski definition) is 9. The van der Waals surface area contributed by atoms with Gasteiger partial charge in [0.15, 0.2) is 5.96 Å². The fourth-order valence-electron chi connectivity index (χ4n) is 4.01. The summed E-state index contributed by atoms with van der Waals surface area (Å²) in [6.45, 7) is 4.35. The Balaban J connectivity index is 3.10. The Labute approximate surface area is 240 Å². The molecule has 3 amide bonds. The molecule has 0 aromatic heterocycles. The summed E-state index contributed by atoms with van der Waals surface area (Å²) < 4.78 is 0. The minimum Gasteiger partial charge on any atom is -0.508 e. The molecular formula is C27H46N8O6. The third kappa shape index (κ3) is 14.3. The first-order valence-corrected chi connectivity index (χ1v) is 13.8. The van der Waals surface area contributed by atoms with Crippen molar-refractivity contribution in [1.82, 2.24) is 16.0 Å². The Morgan fingerprint density at radius 3 is 2.00 bits per heavy atom. The molecule has 1 rings (SSSR count). The number of phenols is 1. The molecule has 0 aliphatic heterocycles. The van der Waals surface area contributed by atoms with E-state index in [1.165, 1.54) is 12.1 Å². The van der Waals surface area contributed by atoms with Gasteiger partial charge in [-0.05, 0) is 68.7 Å². The van der Waals surface area contributed by atoms with Crippen molar-refractivity contribution < 1.29 is 29.4 Å². The SMILES string of the molecule is CC(C)CC(NC(=O)C(CCCCN)NC(=O)C(Cc1ccc(O)cc1)NC(=O)C(N)CCCN=C(N)N)C(=O)O. The number of hydrogen-bond acceptors (Lipinski definition) is 8. The topological polar surface area (TPSA) is 261 Å². The van der Waals surface area contributed by atoms with E-state index in [4.69, 9.17) is 22.9 Å². The average Bonchev–Trinajstić information content (AvgIpc) is 2.90. The highest BCUT2D eigenvalue weighted by Gasteiger charge is 2.30. The van der Waals surface area contributed by atoms with Gasteiger partial charge in [0.2, 0.25) is 17.7 Å². The highest BCUT2D eigenvalue weighted by Crippen LogP contribution is 2.13. The van der Waals surface area contributed by atoms with Crippen LogP contribution >= 0.6 is 0 Å². The summed E-state index contributed by atoms with van der Waals surface area (Å²) in [5.41, 5.74) is 22.9. The molecule has 0 fully saturated rings. The second kappa shape index (κ2) is 18.4. The number of guanidine groups is 1. The van der Waals surface area contributed by atoms with E-state index in [1.54, 1.807) is 12.1 Å². The lowest BCUT2D eigenvalue weighted by molar-refractivity contribution is -0.142. The molecule has 0 aliphatic carbocycles. The molecule has 13 N–H and O–H groups in total. The molecule has 1 aromatic carbocycles. The lowest BCUT2D eigenvalue weighted by Crippen LogP contribution is -2.57. The summed E-state index contributed by atoms with van der Waals surface area (Å²) >= 11 is 0. The van der Waals surface area contributed by atoms with Crippen LogP contribution in [0.15, 0.2) is 29.3 Å². The molecule has 230 valence electrons. The van der Waals surface area contributed by atoms with Gasteiger partial charge in [0.25, 0.3) is 0 Å². The number of nitrogens with one attached hydrogen (secondary N) is 3. The number of aliphatic imine (C=N–C) groups is 1. The van der Waals surface area contributed by atoms with Gasteiger partial charge in [-0.1, -0.05) is 26.0 Å². The van der Waals surface area contributed by atoms with Crippen LogP contribution in [0.1, 0.15) is 57.9 Å². The van der Waals surface area contributed by atoms with Gasteiger partial charge >= 0.3 is 5.97 Å². The van der Waals surface area contributed by atoms with Gasteiger partial charge in [-0.3, -0.25) is 19.4 Å². The van der Waals surface area contributed by atoms with Crippen molar-refractivity contribution in [3.63, 3.8) is 0 Å². The molecule has 0 radical (unpaired) electrons. The molecule has 41 heavy (non-hydrogen) atoms. The van der Waals surface area contributed by atoms with Crippen LogP contribution in [-0.4, -0.2) is 77.1 Å². The Morgan fingerprint density at radius 2 is 1.44 bits per heavy atom. The van der Waals surface area contributed by atoms with Gasteiger partial charge in [-0.2, -0.15) is 0 Å². The van der Waals surface area contributed by atoms with Gasteiger partial charge in [0.1, 0.15) is 23.9 Å². The first kappa shape index (κ1) is 35.1. The van der Waals surface area contributed by atoms with Crippen molar-refractivity contribution in [1.29, 1.82) is 0 Å². The Morgan fingerprint density at radius 1 is 0.854 bits per heavy atom. The van der Waals surface area contributed by atoms with Crippen LogP contribution in [0.25, 0.3) is 0 Å². The maximum Gasteiger partial charge on any atom is 0.326 e. The summed E-state index contributed by atoms with van der Waals surface area (Å²) in [4.78, 5) is 55.0. The van der Waals surface area contributed by atoms with Crippen molar-refractivity contribution in [2.75, 3.05) is 13.1 Å². The van der Waals surface area contributed by atoms with Crippen molar-refractivity contribution >= 4 is 29.7 Å². The maximum atomic E-state index is 13.5. The van der Waals surface area contributed by atoms with Crippen LogP contribution in [0.3, 0.4) is 0 Å². The Bertz CT molecular complexity index is 1010. The molecule has 4 atom stereocenters. The third-order valence-corrected chi connectivity index (χ3v) is 6.22. The van der Waals surface area contributed by atoms with Crippen LogP contribution < -0.4 is 38.9 Å². The standard InChI is InChI=1S/C27H46N8O6/c1-16(2)14-22(26(40)41)35-24(38)20(7-3-4-12-28)33-25(39)21(15-17-8-10-18(36)11-9-17)34-23(37)19(29)6-5-13-32-27(30)31/h8-11,16,19-22,36H,3-7,12-15,28-29H2,1-2H3,(H,33,39)(H,34,37)(H,35,38)(H,40,41)(H4,30,31,32). The van der Waals surface area contributed by atoms with E-state index in [2.05, 4.69) is 20.9 Å². The maximum absolute atomic E-state index is 13.5. The lowest BCUT2D eigenvalue weighted by atomic mass is 10.0. The summed E-state index contributed by atoms with van der Waals surface area (Å²) in [7, 11) is 0. The highest BCUT2D eigenvalue weighted by atomic mass is 16.4. The number of carbonyl (C=O) groups excluding carboxylic acids is 3. The lowest BCUT2D eigenvalue weighted by Gasteiger charge is -2.26. The zero-order valence-corrected chi connectivity index (χ0v) is 23.8. The van der Waals surface area contributed by atoms with Gasteiger partial charge in [-0.25, -0.2) is 4.79 Å². The number of carboxylic acid groups (broad SMARTS) is 1. The normalized spacial score (nSPS) is 13.9. The summed E-state index contributed by atoms with van der Waals surface area (Å²) in [6.07, 6.45) is 2.26. The van der Waals surface area contributed by atoms with Gasteiger partial charge in [-0.15, -0.1) is 0 Å². The second-order valence-corrected chi connectivity index (χ2v) is 10.4. The van der Waals surface area contributed by atoms with Gasteiger partial charge in [0, 0.05) is 13.0 Å². The van der Waals surface area contributed by atoms with Crippen molar-refractivity contribution in [3.05, 3.63) is 29.8 Å². The minimum atomic E-state index is -1.18. The number of rotatable bonds is 19. The number of nitrogens with zero attached hydrogens (tertiary/aromatic N) is 1. The largest absolute Gasteiger partial charge is 0.508 e. The monoisotopic (exact) mass is 578 g/mol. The first-order valence-electron chi connectivity index (χ1n) is 13.8. The zero-order chi connectivity index (χ0) is 30.9. The Kier molecular flexibility index (Phi) is 15.8. The highest BCUT2D eigenvalue weighted by molar-refractivity contribution is 5.94. The number of phenolic OH excluding ortho intramolecular Hbond substituents is 1. The molecule has 1 aromatic rings. The number of aliphatic carboxylic acids is 1. The molecule has 4 unspecified atom stereocenters. The van der Waals surface area contributed by atoms with Gasteiger partial charge < -0.3 is 49.1 Å². The van der Waals surface area contributed by atoms with Crippen LogP contribution in [0.2, 0.25) is 0 Å². The van der Waals surface area contributed by atoms with E-state index in [0.29, 0.717) is 31.4 Å². The second-order valence-electron chi connectivity index (χ2n) is 10.4. The van der Waals surface area contributed by atoms with Crippen LogP contribution in [-0.2, 0) is 25.6 Å². The molecule has 0 heterocycles. The third-order valence-electron chi connectivity index (χ3n) is 6.22. The molecule has 14 nitrogen and oxygen atoms in total. The molecule has 0 aliphatic rings. The number of benzene rings is 1. The van der Waals surface area contributed by atoms with E-state index in [1.807, 2.05) is 13.8 Å². The van der Waals surface area contributed by atoms with Crippen LogP contribution in [0.5, 0.6) is 5.75 Å². The Hall–Kier alpha value is -3.91. The molecule has 0 saturated carbocycles. The van der Waals surface area contributed by atoms with E-state index in [0.717, 1.165) is 0 Å². The summed E-state index contributed by atoms with van der Waals surface area (Å²) in [5.74, 6) is -3.08. The van der Waals surface area contributed by atoms with E-state index in [9.17, 15) is 29.4 Å². The van der Waals surface area contributed by atoms with Crippen molar-refractivity contribution in [3.8, 4) is 5.75 Å². The fourth-order valence-corrected chi connectivity index (χ4v) is 4.01. The predicted octanol–water partition coefficient (Wildman–Crippen LogP) is -0.970. The summed E-state index contributed by atoms with van der Waals surface area (Å²) in [6, 6.07) is 1.85. The predicted molar refractivity (Wildman–Crippen MR) is 155 cm³/mol. The number of unbranched alkanes of at least 4 members (excludes halogenated alkanes) is 1. The van der Waals surface area contributed by atoms with E-state index in [-0.39, 0.29) is 49.9 Å².